The van der Waals surface area contributed by atoms with E-state index in [1.165, 1.54) is 0 Å². The summed E-state index contributed by atoms with van der Waals surface area (Å²) in [7, 11) is 0. The van der Waals surface area contributed by atoms with E-state index in [4.69, 9.17) is 14.3 Å². The molecular formula is C14H16N4O2S. The van der Waals surface area contributed by atoms with Crippen molar-refractivity contribution in [2.45, 2.75) is 38.2 Å². The van der Waals surface area contributed by atoms with Crippen molar-refractivity contribution in [2.24, 2.45) is 0 Å². The highest BCUT2D eigenvalue weighted by Gasteiger charge is 2.32. The van der Waals surface area contributed by atoms with Gasteiger partial charge in [0.15, 0.2) is 5.76 Å². The van der Waals surface area contributed by atoms with Crippen molar-refractivity contribution in [3.63, 3.8) is 0 Å². The molecule has 21 heavy (non-hydrogen) atoms. The number of furan rings is 1. The molecule has 1 fully saturated rings. The monoisotopic (exact) mass is 304 g/mol. The van der Waals surface area contributed by atoms with Crippen LogP contribution in [0.25, 0.3) is 16.5 Å². The third-order valence-electron chi connectivity index (χ3n) is 3.79. The molecule has 0 unspecified atom stereocenters. The topological polar surface area (TPSA) is 65.5 Å². The molecule has 0 N–H and O–H groups in total. The van der Waals surface area contributed by atoms with E-state index in [1.807, 2.05) is 12.1 Å². The number of hydrogen-bond acceptors (Lipinski definition) is 6. The smallest absolute Gasteiger partial charge is 0.235 e. The molecule has 0 radical (unpaired) electrons. The minimum atomic E-state index is -0.0846. The SMILES string of the molecule is CC1(C)C[C@@H](c2nn3c(-c4ccco4)nnc3s2)CCO1. The normalized spacial score (nSPS) is 21.9. The second-order valence-electron chi connectivity index (χ2n) is 5.93. The van der Waals surface area contributed by atoms with E-state index in [0.717, 1.165) is 29.4 Å². The molecule has 0 aliphatic carbocycles. The molecule has 0 bridgehead atoms. The quantitative estimate of drug-likeness (QED) is 0.728. The molecule has 0 spiro atoms. The van der Waals surface area contributed by atoms with Gasteiger partial charge >= 0.3 is 0 Å². The molecule has 0 saturated carbocycles. The molecular weight excluding hydrogens is 288 g/mol. The van der Waals surface area contributed by atoms with Crippen LogP contribution >= 0.6 is 11.3 Å². The second kappa shape index (κ2) is 4.64. The van der Waals surface area contributed by atoms with Gasteiger partial charge in [0.05, 0.1) is 11.9 Å². The van der Waals surface area contributed by atoms with Gasteiger partial charge in [0.25, 0.3) is 0 Å². The van der Waals surface area contributed by atoms with Crippen LogP contribution in [0.15, 0.2) is 22.8 Å². The number of hydrogen-bond donors (Lipinski definition) is 0. The van der Waals surface area contributed by atoms with Gasteiger partial charge in [-0.25, -0.2) is 0 Å². The van der Waals surface area contributed by atoms with Crippen LogP contribution < -0.4 is 0 Å². The number of aromatic nitrogens is 4. The van der Waals surface area contributed by atoms with Crippen molar-refractivity contribution in [2.75, 3.05) is 6.61 Å². The van der Waals surface area contributed by atoms with Crippen LogP contribution in [0.2, 0.25) is 0 Å². The van der Waals surface area contributed by atoms with Gasteiger partial charge in [-0.1, -0.05) is 11.3 Å². The Hall–Kier alpha value is -1.73. The van der Waals surface area contributed by atoms with E-state index in [1.54, 1.807) is 22.1 Å². The maximum absolute atomic E-state index is 5.78. The number of fused-ring (bicyclic) bond motifs is 1. The van der Waals surface area contributed by atoms with E-state index in [2.05, 4.69) is 24.0 Å². The predicted molar refractivity (Wildman–Crippen MR) is 78.4 cm³/mol. The number of nitrogens with zero attached hydrogens (tertiary/aromatic N) is 4. The summed E-state index contributed by atoms with van der Waals surface area (Å²) in [5.41, 5.74) is -0.0846. The van der Waals surface area contributed by atoms with Gasteiger partial charge in [-0.3, -0.25) is 0 Å². The molecule has 4 rings (SSSR count). The highest BCUT2D eigenvalue weighted by atomic mass is 32.1. The minimum Gasteiger partial charge on any atom is -0.461 e. The van der Waals surface area contributed by atoms with Gasteiger partial charge in [-0.15, -0.1) is 10.2 Å². The average Bonchev–Trinajstić information content (AvgIpc) is 3.13. The average molecular weight is 304 g/mol. The molecule has 3 aromatic rings. The zero-order chi connectivity index (χ0) is 14.4. The van der Waals surface area contributed by atoms with Gasteiger partial charge < -0.3 is 9.15 Å². The first-order valence-electron chi connectivity index (χ1n) is 7.02. The van der Waals surface area contributed by atoms with Gasteiger partial charge in [0.2, 0.25) is 10.8 Å². The van der Waals surface area contributed by atoms with E-state index in [0.29, 0.717) is 17.5 Å². The fourth-order valence-electron chi connectivity index (χ4n) is 2.80. The lowest BCUT2D eigenvalue weighted by atomic mass is 9.89. The summed E-state index contributed by atoms with van der Waals surface area (Å²) in [6, 6.07) is 3.71. The summed E-state index contributed by atoms with van der Waals surface area (Å²) >= 11 is 1.60. The Bertz CT molecular complexity index is 759. The Kier molecular flexibility index (Phi) is 2.87. The van der Waals surface area contributed by atoms with Crippen molar-refractivity contribution in [1.29, 1.82) is 0 Å². The van der Waals surface area contributed by atoms with E-state index in [-0.39, 0.29) is 5.60 Å². The van der Waals surface area contributed by atoms with Crippen LogP contribution in [-0.2, 0) is 4.74 Å². The van der Waals surface area contributed by atoms with Crippen molar-refractivity contribution in [3.8, 4) is 11.6 Å². The third kappa shape index (κ3) is 2.26. The molecule has 7 heteroatoms. The summed E-state index contributed by atoms with van der Waals surface area (Å²) in [6.45, 7) is 5.05. The summed E-state index contributed by atoms with van der Waals surface area (Å²) in [6.07, 6.45) is 3.61. The first kappa shape index (κ1) is 13.0. The molecule has 0 aromatic carbocycles. The number of ether oxygens (including phenoxy) is 1. The molecule has 4 heterocycles. The number of rotatable bonds is 2. The van der Waals surface area contributed by atoms with Crippen molar-refractivity contribution in [3.05, 3.63) is 23.4 Å². The van der Waals surface area contributed by atoms with Crippen LogP contribution in [0.4, 0.5) is 0 Å². The largest absolute Gasteiger partial charge is 0.461 e. The van der Waals surface area contributed by atoms with Crippen LogP contribution in [0.5, 0.6) is 0 Å². The van der Waals surface area contributed by atoms with Gasteiger partial charge in [0.1, 0.15) is 5.01 Å². The van der Waals surface area contributed by atoms with Crippen molar-refractivity contribution < 1.29 is 9.15 Å². The molecule has 3 aromatic heterocycles. The fraction of sp³-hybridized carbons (Fsp3) is 0.500. The molecule has 110 valence electrons. The van der Waals surface area contributed by atoms with Crippen molar-refractivity contribution in [1.82, 2.24) is 19.8 Å². The summed E-state index contributed by atoms with van der Waals surface area (Å²) in [5, 5.41) is 14.2. The highest BCUT2D eigenvalue weighted by Crippen LogP contribution is 2.37. The van der Waals surface area contributed by atoms with Crippen LogP contribution in [0, 0.1) is 0 Å². The lowest BCUT2D eigenvalue weighted by molar-refractivity contribution is -0.0593. The Labute approximate surface area is 125 Å². The Morgan fingerprint density at radius 3 is 3.05 bits per heavy atom. The minimum absolute atomic E-state index is 0.0846. The molecule has 1 aliphatic rings. The maximum Gasteiger partial charge on any atom is 0.235 e. The first-order valence-corrected chi connectivity index (χ1v) is 7.84. The standard InChI is InChI=1S/C14H16N4O2S/c1-14(2)8-9(5-7-20-14)12-17-18-11(10-4-3-6-19-10)15-16-13(18)21-12/h3-4,6,9H,5,7-8H2,1-2H3/t9-/m0/s1. The Morgan fingerprint density at radius 2 is 2.29 bits per heavy atom. The van der Waals surface area contributed by atoms with Crippen LogP contribution in [0.1, 0.15) is 37.6 Å². The summed E-state index contributed by atoms with van der Waals surface area (Å²) < 4.78 is 13.0. The first-order chi connectivity index (χ1) is 10.1. The molecule has 1 aliphatic heterocycles. The second-order valence-corrected chi connectivity index (χ2v) is 6.92. The van der Waals surface area contributed by atoms with Gasteiger partial charge in [-0.2, -0.15) is 9.61 Å². The van der Waals surface area contributed by atoms with E-state index < -0.39 is 0 Å². The van der Waals surface area contributed by atoms with Gasteiger partial charge in [-0.05, 0) is 38.8 Å². The van der Waals surface area contributed by atoms with E-state index >= 15 is 0 Å². The molecule has 0 amide bonds. The maximum atomic E-state index is 5.78. The Morgan fingerprint density at radius 1 is 1.38 bits per heavy atom. The predicted octanol–water partition coefficient (Wildman–Crippen LogP) is 3.12. The van der Waals surface area contributed by atoms with Crippen molar-refractivity contribution >= 4 is 16.3 Å². The van der Waals surface area contributed by atoms with E-state index in [9.17, 15) is 0 Å². The zero-order valence-electron chi connectivity index (χ0n) is 11.9. The third-order valence-corrected chi connectivity index (χ3v) is 4.86. The summed E-state index contributed by atoms with van der Waals surface area (Å²) in [5.74, 6) is 1.76. The summed E-state index contributed by atoms with van der Waals surface area (Å²) in [4.78, 5) is 0.806. The molecule has 1 atom stereocenters. The zero-order valence-corrected chi connectivity index (χ0v) is 12.8. The van der Waals surface area contributed by atoms with Gasteiger partial charge in [0, 0.05) is 12.5 Å². The lowest BCUT2D eigenvalue weighted by Gasteiger charge is -2.34. The fourth-order valence-corrected chi connectivity index (χ4v) is 3.77. The van der Waals surface area contributed by atoms with Crippen LogP contribution in [0.3, 0.4) is 0 Å². The molecule has 1 saturated heterocycles. The molecule has 6 nitrogen and oxygen atoms in total. The van der Waals surface area contributed by atoms with Crippen LogP contribution in [-0.4, -0.2) is 32.0 Å². The lowest BCUT2D eigenvalue weighted by Crippen LogP contribution is -2.33. The highest BCUT2D eigenvalue weighted by molar-refractivity contribution is 7.16. The Balaban J connectivity index is 1.71.